The third kappa shape index (κ3) is 8.00. The lowest BCUT2D eigenvalue weighted by Gasteiger charge is -2.43. The Kier molecular flexibility index (Phi) is 9.18. The smallest absolute Gasteiger partial charge is 0.475 e. The Labute approximate surface area is 181 Å². The summed E-state index contributed by atoms with van der Waals surface area (Å²) in [6, 6.07) is 0. The van der Waals surface area contributed by atoms with Gasteiger partial charge >= 0.3 is 12.1 Å². The van der Waals surface area contributed by atoms with Crippen LogP contribution in [0.2, 0.25) is 0 Å². The zero-order chi connectivity index (χ0) is 23.1. The first kappa shape index (κ1) is 25.5. The van der Waals surface area contributed by atoms with Crippen molar-refractivity contribution in [2.24, 2.45) is 0 Å². The highest BCUT2D eigenvalue weighted by Gasteiger charge is 2.41. The number of hydrogen-bond acceptors (Lipinski definition) is 8. The van der Waals surface area contributed by atoms with Gasteiger partial charge in [-0.2, -0.15) is 13.2 Å². The van der Waals surface area contributed by atoms with Crippen molar-refractivity contribution in [1.29, 1.82) is 0 Å². The number of carboxylic acid groups (broad SMARTS) is 1. The van der Waals surface area contributed by atoms with Crippen molar-refractivity contribution in [3.05, 3.63) is 16.1 Å². The number of morpholine rings is 1. The lowest BCUT2D eigenvalue weighted by molar-refractivity contribution is -0.192. The molecule has 13 heteroatoms. The molecule has 1 amide bonds. The fourth-order valence-electron chi connectivity index (χ4n) is 3.28. The molecule has 2 aliphatic heterocycles. The van der Waals surface area contributed by atoms with Gasteiger partial charge in [0.2, 0.25) is 5.91 Å². The van der Waals surface area contributed by atoms with Crippen molar-refractivity contribution in [1.82, 2.24) is 14.8 Å². The molecule has 1 spiro atoms. The van der Waals surface area contributed by atoms with Gasteiger partial charge in [0.25, 0.3) is 0 Å². The maximum atomic E-state index is 12.2. The number of carbonyl (C=O) groups is 2. The molecule has 2 fully saturated rings. The van der Waals surface area contributed by atoms with Crippen LogP contribution in [0, 0.1) is 6.92 Å². The summed E-state index contributed by atoms with van der Waals surface area (Å²) >= 11 is 1.67. The van der Waals surface area contributed by atoms with Gasteiger partial charge in [-0.3, -0.25) is 9.69 Å². The van der Waals surface area contributed by atoms with E-state index in [4.69, 9.17) is 24.1 Å². The molecular weight excluding hydrogens is 443 g/mol. The lowest BCUT2D eigenvalue weighted by atomic mass is 10.0. The second-order valence-corrected chi connectivity index (χ2v) is 8.27. The summed E-state index contributed by atoms with van der Waals surface area (Å²) in [5.74, 6) is -2.75. The minimum atomic E-state index is -5.08. The fraction of sp³-hybridized carbons (Fsp3) is 0.722. The Morgan fingerprint density at radius 1 is 1.32 bits per heavy atom. The van der Waals surface area contributed by atoms with Gasteiger partial charge in [-0.1, -0.05) is 0 Å². The molecule has 1 aromatic heterocycles. The predicted octanol–water partition coefficient (Wildman–Crippen LogP) is 1.16. The number of methoxy groups -OCH3 is 1. The third-order valence-corrected chi connectivity index (χ3v) is 5.41. The molecule has 3 rings (SSSR count). The maximum Gasteiger partial charge on any atom is 0.490 e. The van der Waals surface area contributed by atoms with Gasteiger partial charge in [0, 0.05) is 38.7 Å². The molecule has 2 aliphatic rings. The SMILES string of the molecule is COCC(=O)N1CCOC2(COCCN(Cc3csc(C)n3)C2)C1.O=C(O)C(F)(F)F. The van der Waals surface area contributed by atoms with Gasteiger partial charge in [-0.25, -0.2) is 9.78 Å². The van der Waals surface area contributed by atoms with E-state index in [1.807, 2.05) is 11.8 Å². The van der Waals surface area contributed by atoms with Gasteiger partial charge in [0.05, 0.1) is 37.1 Å². The Balaban J connectivity index is 0.000000423. The first-order chi connectivity index (χ1) is 14.5. The van der Waals surface area contributed by atoms with Gasteiger partial charge < -0.3 is 24.2 Å². The highest BCUT2D eigenvalue weighted by atomic mass is 32.1. The number of aliphatic carboxylic acids is 1. The molecule has 2 saturated heterocycles. The molecule has 1 aromatic rings. The summed E-state index contributed by atoms with van der Waals surface area (Å²) in [4.78, 5) is 29.8. The molecule has 0 aliphatic carbocycles. The minimum absolute atomic E-state index is 0.00565. The first-order valence-corrected chi connectivity index (χ1v) is 10.3. The molecule has 0 aromatic carbocycles. The van der Waals surface area contributed by atoms with E-state index in [0.29, 0.717) is 32.9 Å². The largest absolute Gasteiger partial charge is 0.490 e. The molecule has 9 nitrogen and oxygen atoms in total. The molecule has 3 heterocycles. The van der Waals surface area contributed by atoms with E-state index < -0.39 is 17.7 Å². The van der Waals surface area contributed by atoms with Crippen LogP contribution in [0.15, 0.2) is 5.38 Å². The van der Waals surface area contributed by atoms with E-state index in [0.717, 1.165) is 30.3 Å². The number of nitrogens with zero attached hydrogens (tertiary/aromatic N) is 3. The van der Waals surface area contributed by atoms with Gasteiger partial charge in [0.15, 0.2) is 0 Å². The van der Waals surface area contributed by atoms with Crippen molar-refractivity contribution < 1.29 is 42.1 Å². The Morgan fingerprint density at radius 3 is 2.61 bits per heavy atom. The van der Waals surface area contributed by atoms with E-state index in [1.54, 1.807) is 18.4 Å². The molecule has 176 valence electrons. The quantitative estimate of drug-likeness (QED) is 0.701. The van der Waals surface area contributed by atoms with E-state index in [-0.39, 0.29) is 12.5 Å². The summed E-state index contributed by atoms with van der Waals surface area (Å²) in [5, 5.41) is 10.3. The predicted molar refractivity (Wildman–Crippen MR) is 104 cm³/mol. The molecule has 1 unspecified atom stereocenters. The van der Waals surface area contributed by atoms with Crippen LogP contribution >= 0.6 is 11.3 Å². The highest BCUT2D eigenvalue weighted by Crippen LogP contribution is 2.24. The summed E-state index contributed by atoms with van der Waals surface area (Å²) in [6.07, 6.45) is -5.08. The van der Waals surface area contributed by atoms with Crippen molar-refractivity contribution >= 4 is 23.2 Å². The Morgan fingerprint density at radius 2 is 2.03 bits per heavy atom. The number of alkyl halides is 3. The van der Waals surface area contributed by atoms with Gasteiger partial charge in [-0.15, -0.1) is 11.3 Å². The minimum Gasteiger partial charge on any atom is -0.475 e. The number of rotatable bonds is 4. The number of carbonyl (C=O) groups excluding carboxylic acids is 1. The molecule has 0 radical (unpaired) electrons. The third-order valence-electron chi connectivity index (χ3n) is 4.59. The monoisotopic (exact) mass is 469 g/mol. The van der Waals surface area contributed by atoms with Crippen LogP contribution in [0.1, 0.15) is 10.7 Å². The summed E-state index contributed by atoms with van der Waals surface area (Å²) in [6.45, 7) is 7.35. The first-order valence-electron chi connectivity index (χ1n) is 9.46. The topological polar surface area (TPSA) is 101 Å². The standard InChI is InChI=1S/C16H25N3O4S.C2HF3O2/c1-13-17-14(9-24-13)7-18-3-5-22-12-16(10-18)11-19(4-6-23-16)15(20)8-21-2;3-2(4,5)1(6)7/h9H,3-8,10-12H2,1-2H3;(H,6,7). The summed E-state index contributed by atoms with van der Waals surface area (Å²) in [5.41, 5.74) is 0.612. The van der Waals surface area contributed by atoms with E-state index in [1.165, 1.54) is 0 Å². The molecular formula is C18H26F3N3O6S. The second-order valence-electron chi connectivity index (χ2n) is 7.20. The number of carboxylic acids is 1. The van der Waals surface area contributed by atoms with Crippen molar-refractivity contribution in [2.45, 2.75) is 25.2 Å². The van der Waals surface area contributed by atoms with Crippen molar-refractivity contribution in [3.63, 3.8) is 0 Å². The summed E-state index contributed by atoms with van der Waals surface area (Å²) < 4.78 is 48.6. The molecule has 1 atom stereocenters. The average molecular weight is 469 g/mol. The van der Waals surface area contributed by atoms with Crippen LogP contribution in [0.5, 0.6) is 0 Å². The summed E-state index contributed by atoms with van der Waals surface area (Å²) in [7, 11) is 1.54. The number of aromatic nitrogens is 1. The molecule has 0 bridgehead atoms. The number of halogens is 3. The Hall–Kier alpha value is -1.80. The van der Waals surface area contributed by atoms with E-state index in [9.17, 15) is 18.0 Å². The molecule has 31 heavy (non-hydrogen) atoms. The number of hydrogen-bond donors (Lipinski definition) is 1. The highest BCUT2D eigenvalue weighted by molar-refractivity contribution is 7.09. The number of thiazole rings is 1. The van der Waals surface area contributed by atoms with Crippen molar-refractivity contribution in [3.8, 4) is 0 Å². The maximum absolute atomic E-state index is 12.2. The van der Waals surface area contributed by atoms with E-state index >= 15 is 0 Å². The second kappa shape index (κ2) is 11.2. The zero-order valence-corrected chi connectivity index (χ0v) is 18.1. The number of ether oxygens (including phenoxy) is 3. The lowest BCUT2D eigenvalue weighted by Crippen LogP contribution is -2.60. The number of aryl methyl sites for hydroxylation is 1. The molecule has 1 N–H and O–H groups in total. The van der Waals surface area contributed by atoms with Crippen molar-refractivity contribution in [2.75, 3.05) is 59.7 Å². The van der Waals surface area contributed by atoms with Gasteiger partial charge in [0.1, 0.15) is 12.2 Å². The van der Waals surface area contributed by atoms with Crippen LogP contribution < -0.4 is 0 Å². The van der Waals surface area contributed by atoms with Crippen LogP contribution in [0.3, 0.4) is 0 Å². The normalized spacial score (nSPS) is 22.5. The fourth-order valence-corrected chi connectivity index (χ4v) is 3.89. The van der Waals surface area contributed by atoms with Crippen LogP contribution in [-0.2, 0) is 30.3 Å². The molecule has 0 saturated carbocycles. The van der Waals surface area contributed by atoms with Crippen LogP contribution in [0.25, 0.3) is 0 Å². The average Bonchev–Trinajstić information content (AvgIpc) is 3.00. The van der Waals surface area contributed by atoms with Crippen LogP contribution in [0.4, 0.5) is 13.2 Å². The van der Waals surface area contributed by atoms with Crippen LogP contribution in [-0.4, -0.2) is 103 Å². The Bertz CT molecular complexity index is 747. The zero-order valence-electron chi connectivity index (χ0n) is 17.3. The van der Waals surface area contributed by atoms with Gasteiger partial charge in [-0.05, 0) is 6.92 Å². The van der Waals surface area contributed by atoms with E-state index in [2.05, 4.69) is 15.3 Å². The number of amides is 1.